The zero-order chi connectivity index (χ0) is 20.2. The Kier molecular flexibility index (Phi) is 11.5. The first-order valence-electron chi connectivity index (χ1n) is 9.59. The van der Waals surface area contributed by atoms with Crippen LogP contribution in [0, 0.1) is 0 Å². The first-order valence-corrected chi connectivity index (χ1v) is 9.59. The molecule has 0 spiro atoms. The standard InChI is InChI=1S/C22H28N2O4.ClH/c1-3-24(4-2)15-17-28-22(26)23-20-12-10-19(11-13-20)21(25)27-16-14-18-8-6-5-7-9-18;/h5-13H,3-4,14-17H2,1-2H3,(H,23,26);1H. The number of likely N-dealkylation sites (N-methyl/N-ethyl adjacent to an activating group) is 1. The van der Waals surface area contributed by atoms with Gasteiger partial charge in [0.05, 0.1) is 12.2 Å². The summed E-state index contributed by atoms with van der Waals surface area (Å²) in [7, 11) is 0. The van der Waals surface area contributed by atoms with Gasteiger partial charge >= 0.3 is 12.1 Å². The second-order valence-corrected chi connectivity index (χ2v) is 6.24. The van der Waals surface area contributed by atoms with Gasteiger partial charge in [0.1, 0.15) is 6.61 Å². The summed E-state index contributed by atoms with van der Waals surface area (Å²) in [6.45, 7) is 7.33. The number of rotatable bonds is 10. The average molecular weight is 421 g/mol. The maximum absolute atomic E-state index is 12.1. The Morgan fingerprint density at radius 2 is 1.55 bits per heavy atom. The number of benzene rings is 2. The third-order valence-electron chi connectivity index (χ3n) is 4.37. The third-order valence-corrected chi connectivity index (χ3v) is 4.37. The predicted octanol–water partition coefficient (Wildman–Crippen LogP) is 4.40. The van der Waals surface area contributed by atoms with Crippen molar-refractivity contribution in [3.05, 3.63) is 65.7 Å². The lowest BCUT2D eigenvalue weighted by Gasteiger charge is -2.17. The van der Waals surface area contributed by atoms with Crippen molar-refractivity contribution in [3.63, 3.8) is 0 Å². The van der Waals surface area contributed by atoms with Crippen molar-refractivity contribution >= 4 is 30.2 Å². The van der Waals surface area contributed by atoms with Crippen molar-refractivity contribution in [2.75, 3.05) is 38.2 Å². The molecule has 29 heavy (non-hydrogen) atoms. The molecule has 2 aromatic carbocycles. The Bertz CT molecular complexity index is 734. The van der Waals surface area contributed by atoms with Gasteiger partial charge < -0.3 is 14.4 Å². The Morgan fingerprint density at radius 3 is 2.17 bits per heavy atom. The third kappa shape index (κ3) is 8.98. The summed E-state index contributed by atoms with van der Waals surface area (Å²) in [4.78, 5) is 26.1. The van der Waals surface area contributed by atoms with E-state index in [0.29, 0.717) is 37.4 Å². The number of hydrogen-bond donors (Lipinski definition) is 1. The smallest absolute Gasteiger partial charge is 0.411 e. The molecule has 0 radical (unpaired) electrons. The highest BCUT2D eigenvalue weighted by atomic mass is 35.5. The molecule has 0 atom stereocenters. The molecule has 158 valence electrons. The highest BCUT2D eigenvalue weighted by Gasteiger charge is 2.09. The Labute approximate surface area is 178 Å². The number of esters is 1. The van der Waals surface area contributed by atoms with Crippen LogP contribution >= 0.6 is 12.4 Å². The van der Waals surface area contributed by atoms with Crippen molar-refractivity contribution < 1.29 is 19.1 Å². The number of carbonyl (C=O) groups excluding carboxylic acids is 2. The van der Waals surface area contributed by atoms with Crippen molar-refractivity contribution in [2.45, 2.75) is 20.3 Å². The first kappa shape index (κ1) is 24.5. The number of carbonyl (C=O) groups is 2. The second kappa shape index (κ2) is 13.6. The van der Waals surface area contributed by atoms with Crippen molar-refractivity contribution in [3.8, 4) is 0 Å². The molecule has 7 heteroatoms. The molecule has 0 saturated carbocycles. The van der Waals surface area contributed by atoms with Crippen molar-refractivity contribution in [2.24, 2.45) is 0 Å². The van der Waals surface area contributed by atoms with E-state index in [4.69, 9.17) is 9.47 Å². The zero-order valence-corrected chi connectivity index (χ0v) is 17.7. The van der Waals surface area contributed by atoms with Crippen LogP contribution < -0.4 is 5.32 Å². The summed E-state index contributed by atoms with van der Waals surface area (Å²) in [5.41, 5.74) is 2.12. The maximum atomic E-state index is 12.1. The van der Waals surface area contributed by atoms with E-state index in [1.165, 1.54) is 0 Å². The van der Waals surface area contributed by atoms with Crippen LogP contribution in [0.2, 0.25) is 0 Å². The van der Waals surface area contributed by atoms with Gasteiger partial charge in [0.25, 0.3) is 0 Å². The van der Waals surface area contributed by atoms with E-state index in [2.05, 4.69) is 24.1 Å². The van der Waals surface area contributed by atoms with Crippen LogP contribution in [0.1, 0.15) is 29.8 Å². The van der Waals surface area contributed by atoms with E-state index in [1.54, 1.807) is 24.3 Å². The van der Waals surface area contributed by atoms with Crippen LogP contribution in [0.15, 0.2) is 54.6 Å². The maximum Gasteiger partial charge on any atom is 0.411 e. The fourth-order valence-corrected chi connectivity index (χ4v) is 2.64. The van der Waals surface area contributed by atoms with Gasteiger partial charge in [-0.1, -0.05) is 44.2 Å². The molecule has 1 amide bonds. The average Bonchev–Trinajstić information content (AvgIpc) is 2.72. The van der Waals surface area contributed by atoms with Crippen molar-refractivity contribution in [1.82, 2.24) is 4.90 Å². The second-order valence-electron chi connectivity index (χ2n) is 6.24. The minimum absolute atomic E-state index is 0. The molecule has 2 rings (SSSR count). The molecule has 0 saturated heterocycles. The van der Waals surface area contributed by atoms with Gasteiger partial charge in [-0.3, -0.25) is 5.32 Å². The van der Waals surface area contributed by atoms with Gasteiger partial charge in [-0.2, -0.15) is 0 Å². The summed E-state index contributed by atoms with van der Waals surface area (Å²) in [6, 6.07) is 16.4. The number of ether oxygens (including phenoxy) is 2. The summed E-state index contributed by atoms with van der Waals surface area (Å²) in [6.07, 6.45) is 0.163. The summed E-state index contributed by atoms with van der Waals surface area (Å²) >= 11 is 0. The van der Waals surface area contributed by atoms with Crippen LogP contribution in [-0.4, -0.2) is 49.8 Å². The van der Waals surface area contributed by atoms with E-state index in [1.807, 2.05) is 30.3 Å². The minimum Gasteiger partial charge on any atom is -0.462 e. The van der Waals surface area contributed by atoms with Crippen LogP contribution in [-0.2, 0) is 15.9 Å². The topological polar surface area (TPSA) is 67.9 Å². The summed E-state index contributed by atoms with van der Waals surface area (Å²) in [5, 5.41) is 2.65. The number of nitrogens with one attached hydrogen (secondary N) is 1. The monoisotopic (exact) mass is 420 g/mol. The molecular formula is C22H29ClN2O4. The lowest BCUT2D eigenvalue weighted by atomic mass is 10.2. The highest BCUT2D eigenvalue weighted by Crippen LogP contribution is 2.11. The normalized spacial score (nSPS) is 10.2. The van der Waals surface area contributed by atoms with Gasteiger partial charge in [-0.25, -0.2) is 9.59 Å². The van der Waals surface area contributed by atoms with Gasteiger partial charge in [0.15, 0.2) is 0 Å². The Morgan fingerprint density at radius 1 is 0.897 bits per heavy atom. The largest absolute Gasteiger partial charge is 0.462 e. The molecule has 0 bridgehead atoms. The molecule has 0 aliphatic heterocycles. The van der Waals surface area contributed by atoms with E-state index in [0.717, 1.165) is 18.7 Å². The Balaban J connectivity index is 0.00000420. The lowest BCUT2D eigenvalue weighted by molar-refractivity contribution is 0.0509. The van der Waals surface area contributed by atoms with Gasteiger partial charge in [0.2, 0.25) is 0 Å². The quantitative estimate of drug-likeness (QED) is 0.577. The van der Waals surface area contributed by atoms with Crippen LogP contribution in [0.3, 0.4) is 0 Å². The Hall–Kier alpha value is -2.57. The molecule has 0 fully saturated rings. The van der Waals surface area contributed by atoms with Crippen molar-refractivity contribution in [1.29, 1.82) is 0 Å². The highest BCUT2D eigenvalue weighted by molar-refractivity contribution is 5.91. The molecule has 0 aromatic heterocycles. The van der Waals surface area contributed by atoms with Crippen LogP contribution in [0.25, 0.3) is 0 Å². The van der Waals surface area contributed by atoms with E-state index in [9.17, 15) is 9.59 Å². The molecule has 2 aromatic rings. The number of hydrogen-bond acceptors (Lipinski definition) is 5. The van der Waals surface area contributed by atoms with E-state index < -0.39 is 6.09 Å². The number of nitrogens with zero attached hydrogens (tertiary/aromatic N) is 1. The molecule has 6 nitrogen and oxygen atoms in total. The summed E-state index contributed by atoms with van der Waals surface area (Å²) < 4.78 is 10.5. The zero-order valence-electron chi connectivity index (χ0n) is 16.9. The number of halogens is 1. The molecule has 0 heterocycles. The first-order chi connectivity index (χ1) is 13.6. The number of amides is 1. The SMILES string of the molecule is CCN(CC)CCOC(=O)Nc1ccc(C(=O)OCCc2ccccc2)cc1.Cl. The van der Waals surface area contributed by atoms with E-state index >= 15 is 0 Å². The molecule has 1 N–H and O–H groups in total. The van der Waals surface area contributed by atoms with E-state index in [-0.39, 0.29) is 18.4 Å². The van der Waals surface area contributed by atoms with Crippen LogP contribution in [0.4, 0.5) is 10.5 Å². The molecule has 0 aliphatic rings. The molecular weight excluding hydrogens is 392 g/mol. The fraction of sp³-hybridized carbons (Fsp3) is 0.364. The lowest BCUT2D eigenvalue weighted by Crippen LogP contribution is -2.28. The fourth-order valence-electron chi connectivity index (χ4n) is 2.64. The molecule has 0 unspecified atom stereocenters. The van der Waals surface area contributed by atoms with Gasteiger partial charge in [0, 0.05) is 18.7 Å². The van der Waals surface area contributed by atoms with Gasteiger partial charge in [-0.05, 0) is 42.9 Å². The predicted molar refractivity (Wildman–Crippen MR) is 117 cm³/mol. The van der Waals surface area contributed by atoms with Gasteiger partial charge in [-0.15, -0.1) is 12.4 Å². The molecule has 0 aliphatic carbocycles. The summed E-state index contributed by atoms with van der Waals surface area (Å²) in [5.74, 6) is -0.385. The van der Waals surface area contributed by atoms with Crippen LogP contribution in [0.5, 0.6) is 0 Å². The number of anilines is 1. The minimum atomic E-state index is -0.509.